The van der Waals surface area contributed by atoms with Gasteiger partial charge >= 0.3 is 11.8 Å². The average molecular weight is 350 g/mol. The lowest BCUT2D eigenvalue weighted by Crippen LogP contribution is -2.32. The standard InChI is InChI=1S/C16H13Cl2N3O2/c1-10-5-2-3-8-14(10)20-15(22)16(23)21-19-9-11-12(17)6-4-7-13(11)18/h2-9H,1H3,(H,20,22)(H,21,23). The topological polar surface area (TPSA) is 70.6 Å². The Hall–Kier alpha value is -2.37. The quantitative estimate of drug-likeness (QED) is 0.506. The first-order valence-corrected chi connectivity index (χ1v) is 7.38. The molecule has 0 aliphatic heterocycles. The Kier molecular flexibility index (Phi) is 5.73. The number of carbonyl (C=O) groups excluding carboxylic acids is 2. The predicted octanol–water partition coefficient (Wildman–Crippen LogP) is 3.39. The summed E-state index contributed by atoms with van der Waals surface area (Å²) >= 11 is 11.9. The van der Waals surface area contributed by atoms with E-state index in [0.29, 0.717) is 21.3 Å². The fraction of sp³-hybridized carbons (Fsp3) is 0.0625. The zero-order chi connectivity index (χ0) is 16.8. The summed E-state index contributed by atoms with van der Waals surface area (Å²) in [4.78, 5) is 23.5. The fourth-order valence-electron chi connectivity index (χ4n) is 1.73. The van der Waals surface area contributed by atoms with Crippen LogP contribution in [0.4, 0.5) is 5.69 Å². The number of rotatable bonds is 3. The number of amides is 2. The minimum absolute atomic E-state index is 0.389. The average Bonchev–Trinajstić information content (AvgIpc) is 2.52. The van der Waals surface area contributed by atoms with Crippen molar-refractivity contribution in [3.8, 4) is 0 Å². The molecule has 2 amide bonds. The maximum atomic E-state index is 11.8. The zero-order valence-electron chi connectivity index (χ0n) is 12.1. The maximum Gasteiger partial charge on any atom is 0.329 e. The molecule has 2 N–H and O–H groups in total. The van der Waals surface area contributed by atoms with Crippen molar-refractivity contribution >= 4 is 46.9 Å². The Morgan fingerprint density at radius 1 is 1.00 bits per heavy atom. The van der Waals surface area contributed by atoms with E-state index in [-0.39, 0.29) is 0 Å². The zero-order valence-corrected chi connectivity index (χ0v) is 13.7. The molecule has 0 spiro atoms. The van der Waals surface area contributed by atoms with Gasteiger partial charge in [-0.05, 0) is 30.7 Å². The highest BCUT2D eigenvalue weighted by molar-refractivity contribution is 6.40. The predicted molar refractivity (Wildman–Crippen MR) is 92.0 cm³/mol. The number of nitrogens with zero attached hydrogens (tertiary/aromatic N) is 1. The highest BCUT2D eigenvalue weighted by Gasteiger charge is 2.13. The first-order chi connectivity index (χ1) is 11.0. The van der Waals surface area contributed by atoms with Crippen molar-refractivity contribution in [1.29, 1.82) is 0 Å². The summed E-state index contributed by atoms with van der Waals surface area (Å²) in [6.45, 7) is 1.82. The van der Waals surface area contributed by atoms with Crippen LogP contribution >= 0.6 is 23.2 Å². The number of aryl methyl sites for hydroxylation is 1. The largest absolute Gasteiger partial charge is 0.329 e. The Morgan fingerprint density at radius 2 is 1.65 bits per heavy atom. The molecule has 23 heavy (non-hydrogen) atoms. The third-order valence-corrected chi connectivity index (χ3v) is 3.62. The Bertz CT molecular complexity index is 755. The Balaban J connectivity index is 1.98. The summed E-state index contributed by atoms with van der Waals surface area (Å²) in [7, 11) is 0. The van der Waals surface area contributed by atoms with Crippen molar-refractivity contribution in [2.24, 2.45) is 5.10 Å². The molecule has 0 heterocycles. The van der Waals surface area contributed by atoms with E-state index in [1.807, 2.05) is 19.1 Å². The molecular formula is C16H13Cl2N3O2. The monoisotopic (exact) mass is 349 g/mol. The van der Waals surface area contributed by atoms with Gasteiger partial charge in [-0.1, -0.05) is 47.5 Å². The van der Waals surface area contributed by atoms with Crippen molar-refractivity contribution in [2.75, 3.05) is 5.32 Å². The molecular weight excluding hydrogens is 337 g/mol. The third-order valence-electron chi connectivity index (χ3n) is 2.96. The molecule has 2 aromatic carbocycles. The number of carbonyl (C=O) groups is 2. The number of anilines is 1. The maximum absolute atomic E-state index is 11.8. The molecule has 0 aliphatic carbocycles. The van der Waals surface area contributed by atoms with Gasteiger partial charge in [-0.2, -0.15) is 5.10 Å². The summed E-state index contributed by atoms with van der Waals surface area (Å²) < 4.78 is 0. The Morgan fingerprint density at radius 3 is 2.30 bits per heavy atom. The molecule has 7 heteroatoms. The molecule has 0 bridgehead atoms. The first-order valence-electron chi connectivity index (χ1n) is 6.63. The summed E-state index contributed by atoms with van der Waals surface area (Å²) in [5.74, 6) is -1.71. The van der Waals surface area contributed by atoms with Gasteiger partial charge in [-0.15, -0.1) is 0 Å². The normalized spacial score (nSPS) is 10.6. The molecule has 0 aliphatic rings. The number of hydrazone groups is 1. The molecule has 0 unspecified atom stereocenters. The van der Waals surface area contributed by atoms with Gasteiger partial charge in [0.05, 0.1) is 16.3 Å². The summed E-state index contributed by atoms with van der Waals surface area (Å²) in [6, 6.07) is 12.1. The van der Waals surface area contributed by atoms with E-state index >= 15 is 0 Å². The molecule has 0 saturated heterocycles. The van der Waals surface area contributed by atoms with E-state index in [9.17, 15) is 9.59 Å². The summed E-state index contributed by atoms with van der Waals surface area (Å²) in [6.07, 6.45) is 1.28. The number of para-hydroxylation sites is 1. The molecule has 0 aromatic heterocycles. The van der Waals surface area contributed by atoms with Crippen molar-refractivity contribution in [3.05, 3.63) is 63.6 Å². The summed E-state index contributed by atoms with van der Waals surface area (Å²) in [5, 5.41) is 6.98. The number of benzene rings is 2. The van der Waals surface area contributed by atoms with Crippen LogP contribution in [-0.4, -0.2) is 18.0 Å². The van der Waals surface area contributed by atoms with Gasteiger partial charge in [0.25, 0.3) is 0 Å². The van der Waals surface area contributed by atoms with Crippen molar-refractivity contribution in [1.82, 2.24) is 5.43 Å². The van der Waals surface area contributed by atoms with Gasteiger partial charge in [0.1, 0.15) is 0 Å². The van der Waals surface area contributed by atoms with Crippen LogP contribution in [0.3, 0.4) is 0 Å². The number of hydrogen-bond acceptors (Lipinski definition) is 3. The smallest absolute Gasteiger partial charge is 0.317 e. The second-order valence-electron chi connectivity index (χ2n) is 4.60. The summed E-state index contributed by atoms with van der Waals surface area (Å²) in [5.41, 5.74) is 3.99. The van der Waals surface area contributed by atoms with Crippen LogP contribution in [0.2, 0.25) is 10.0 Å². The minimum Gasteiger partial charge on any atom is -0.317 e. The molecule has 5 nitrogen and oxygen atoms in total. The van der Waals surface area contributed by atoms with E-state index in [4.69, 9.17) is 23.2 Å². The van der Waals surface area contributed by atoms with Crippen LogP contribution in [0.25, 0.3) is 0 Å². The molecule has 0 radical (unpaired) electrons. The highest BCUT2D eigenvalue weighted by Crippen LogP contribution is 2.22. The van der Waals surface area contributed by atoms with Gasteiger partial charge in [0.15, 0.2) is 0 Å². The van der Waals surface area contributed by atoms with Crippen LogP contribution in [0.1, 0.15) is 11.1 Å². The van der Waals surface area contributed by atoms with Crippen molar-refractivity contribution in [2.45, 2.75) is 6.92 Å². The van der Waals surface area contributed by atoms with E-state index in [1.54, 1.807) is 30.3 Å². The number of nitrogens with one attached hydrogen (secondary N) is 2. The van der Waals surface area contributed by atoms with Crippen LogP contribution < -0.4 is 10.7 Å². The number of halogens is 2. The lowest BCUT2D eigenvalue weighted by Gasteiger charge is -2.06. The van der Waals surface area contributed by atoms with Gasteiger partial charge in [0.2, 0.25) is 0 Å². The van der Waals surface area contributed by atoms with Crippen LogP contribution in [0.15, 0.2) is 47.6 Å². The van der Waals surface area contributed by atoms with Crippen molar-refractivity contribution < 1.29 is 9.59 Å². The van der Waals surface area contributed by atoms with E-state index < -0.39 is 11.8 Å². The van der Waals surface area contributed by atoms with Gasteiger partial charge < -0.3 is 5.32 Å². The fourth-order valence-corrected chi connectivity index (χ4v) is 2.23. The van der Waals surface area contributed by atoms with E-state index in [0.717, 1.165) is 5.56 Å². The second kappa shape index (κ2) is 7.76. The SMILES string of the molecule is Cc1ccccc1NC(=O)C(=O)NN=Cc1c(Cl)cccc1Cl. The van der Waals surface area contributed by atoms with Crippen molar-refractivity contribution in [3.63, 3.8) is 0 Å². The molecule has 0 fully saturated rings. The van der Waals surface area contributed by atoms with E-state index in [2.05, 4.69) is 15.8 Å². The molecule has 0 saturated carbocycles. The van der Waals surface area contributed by atoms with Gasteiger partial charge in [-0.3, -0.25) is 9.59 Å². The second-order valence-corrected chi connectivity index (χ2v) is 5.42. The van der Waals surface area contributed by atoms with E-state index in [1.165, 1.54) is 6.21 Å². The van der Waals surface area contributed by atoms with Crippen LogP contribution in [0, 0.1) is 6.92 Å². The van der Waals surface area contributed by atoms with Gasteiger partial charge in [0, 0.05) is 11.3 Å². The third kappa shape index (κ3) is 4.55. The lowest BCUT2D eigenvalue weighted by molar-refractivity contribution is -0.136. The lowest BCUT2D eigenvalue weighted by atomic mass is 10.2. The molecule has 2 aromatic rings. The van der Waals surface area contributed by atoms with Crippen LogP contribution in [-0.2, 0) is 9.59 Å². The minimum atomic E-state index is -0.896. The first kappa shape index (κ1) is 17.0. The molecule has 118 valence electrons. The molecule has 0 atom stereocenters. The van der Waals surface area contributed by atoms with Gasteiger partial charge in [-0.25, -0.2) is 5.43 Å². The Labute approximate surface area is 143 Å². The van der Waals surface area contributed by atoms with Crippen LogP contribution in [0.5, 0.6) is 0 Å². The highest BCUT2D eigenvalue weighted by atomic mass is 35.5. The number of hydrogen-bond donors (Lipinski definition) is 2. The molecule has 2 rings (SSSR count).